The number of halogens is 3. The number of rotatable bonds is 5. The molecule has 0 aromatic heterocycles. The number of hydrogen-bond acceptors (Lipinski definition) is 4. The topological polar surface area (TPSA) is 61.9 Å². The predicted molar refractivity (Wildman–Crippen MR) is 112 cm³/mol. The molecule has 0 saturated carbocycles. The third kappa shape index (κ3) is 4.51. The van der Waals surface area contributed by atoms with Gasteiger partial charge in [0.15, 0.2) is 0 Å². The molecule has 2 aliphatic rings. The summed E-state index contributed by atoms with van der Waals surface area (Å²) < 4.78 is 40.6. The van der Waals surface area contributed by atoms with Gasteiger partial charge in [-0.2, -0.15) is 0 Å². The normalized spacial score (nSPS) is 18.1. The van der Waals surface area contributed by atoms with Crippen LogP contribution in [0.4, 0.5) is 18.9 Å². The van der Waals surface area contributed by atoms with Crippen LogP contribution in [0, 0.1) is 0 Å². The Morgan fingerprint density at radius 2 is 1.91 bits per heavy atom. The zero-order valence-electron chi connectivity index (χ0n) is 17.6. The molecule has 170 valence electrons. The SMILES string of the molecule is CCN1c2cc(C(=O)NCc3ccc(OC(F)(F)F)cc3)ccc2C(=O)N2CCCCC21. The molecule has 0 bridgehead atoms. The van der Waals surface area contributed by atoms with Crippen LogP contribution < -0.4 is 15.0 Å². The maximum Gasteiger partial charge on any atom is 0.573 e. The van der Waals surface area contributed by atoms with E-state index >= 15 is 0 Å². The Hall–Kier alpha value is -3.23. The van der Waals surface area contributed by atoms with Gasteiger partial charge in [-0.25, -0.2) is 0 Å². The number of alkyl halides is 3. The van der Waals surface area contributed by atoms with Crippen molar-refractivity contribution in [1.29, 1.82) is 0 Å². The Morgan fingerprint density at radius 1 is 1.16 bits per heavy atom. The first-order chi connectivity index (χ1) is 15.3. The fourth-order valence-electron chi connectivity index (χ4n) is 4.36. The Balaban J connectivity index is 1.47. The van der Waals surface area contributed by atoms with Crippen LogP contribution >= 0.6 is 0 Å². The first kappa shape index (κ1) is 22.0. The molecule has 1 N–H and O–H groups in total. The fraction of sp³-hybridized carbons (Fsp3) is 0.391. The van der Waals surface area contributed by atoms with E-state index in [0.29, 0.717) is 16.7 Å². The average Bonchev–Trinajstić information content (AvgIpc) is 2.77. The van der Waals surface area contributed by atoms with E-state index in [2.05, 4.69) is 15.0 Å². The average molecular weight is 447 g/mol. The van der Waals surface area contributed by atoms with Crippen molar-refractivity contribution < 1.29 is 27.5 Å². The highest BCUT2D eigenvalue weighted by Gasteiger charge is 2.38. The first-order valence-corrected chi connectivity index (χ1v) is 10.6. The third-order valence-corrected chi connectivity index (χ3v) is 5.84. The highest BCUT2D eigenvalue weighted by Crippen LogP contribution is 2.35. The Morgan fingerprint density at radius 3 is 2.59 bits per heavy atom. The fourth-order valence-corrected chi connectivity index (χ4v) is 4.36. The van der Waals surface area contributed by atoms with Gasteiger partial charge in [0.2, 0.25) is 0 Å². The minimum absolute atomic E-state index is 0.00234. The quantitative estimate of drug-likeness (QED) is 0.742. The molecule has 32 heavy (non-hydrogen) atoms. The van der Waals surface area contributed by atoms with Crippen molar-refractivity contribution in [3.8, 4) is 5.75 Å². The van der Waals surface area contributed by atoms with Crippen LogP contribution in [0.2, 0.25) is 0 Å². The van der Waals surface area contributed by atoms with Crippen LogP contribution in [0.1, 0.15) is 52.5 Å². The molecule has 0 spiro atoms. The Bertz CT molecular complexity index is 1010. The summed E-state index contributed by atoms with van der Waals surface area (Å²) in [5.41, 5.74) is 2.43. The van der Waals surface area contributed by atoms with E-state index in [1.807, 2.05) is 11.8 Å². The molecule has 1 unspecified atom stereocenters. The Labute approximate surface area is 183 Å². The molecule has 2 aliphatic heterocycles. The summed E-state index contributed by atoms with van der Waals surface area (Å²) in [5, 5.41) is 2.77. The number of benzene rings is 2. The molecule has 4 rings (SSSR count). The summed E-state index contributed by atoms with van der Waals surface area (Å²) in [5.74, 6) is -0.635. The molecule has 6 nitrogen and oxygen atoms in total. The van der Waals surface area contributed by atoms with Crippen LogP contribution in [-0.2, 0) is 6.54 Å². The summed E-state index contributed by atoms with van der Waals surface area (Å²) in [6.45, 7) is 3.65. The van der Waals surface area contributed by atoms with Gasteiger partial charge in [-0.3, -0.25) is 9.59 Å². The molecule has 1 atom stereocenters. The van der Waals surface area contributed by atoms with Crippen LogP contribution in [-0.4, -0.2) is 42.3 Å². The highest BCUT2D eigenvalue weighted by molar-refractivity contribution is 6.04. The summed E-state index contributed by atoms with van der Waals surface area (Å²) in [7, 11) is 0. The molecule has 2 amide bonds. The van der Waals surface area contributed by atoms with E-state index in [1.54, 1.807) is 18.2 Å². The molecular weight excluding hydrogens is 423 g/mol. The van der Waals surface area contributed by atoms with E-state index in [-0.39, 0.29) is 30.3 Å². The van der Waals surface area contributed by atoms with Gasteiger partial charge in [-0.1, -0.05) is 12.1 Å². The second-order valence-corrected chi connectivity index (χ2v) is 7.87. The van der Waals surface area contributed by atoms with Crippen LogP contribution in [0.25, 0.3) is 0 Å². The zero-order valence-corrected chi connectivity index (χ0v) is 17.6. The lowest BCUT2D eigenvalue weighted by atomic mass is 9.97. The van der Waals surface area contributed by atoms with Crippen LogP contribution in [0.5, 0.6) is 5.75 Å². The monoisotopic (exact) mass is 447 g/mol. The van der Waals surface area contributed by atoms with E-state index in [4.69, 9.17) is 0 Å². The number of hydrogen-bond donors (Lipinski definition) is 1. The number of anilines is 1. The number of carbonyl (C=O) groups excluding carboxylic acids is 2. The van der Waals surface area contributed by atoms with Crippen molar-refractivity contribution in [2.45, 2.75) is 45.3 Å². The molecule has 2 aromatic carbocycles. The number of ether oxygens (including phenoxy) is 1. The summed E-state index contributed by atoms with van der Waals surface area (Å²) in [6.07, 6.45) is -1.76. The molecule has 2 aromatic rings. The minimum atomic E-state index is -4.75. The van der Waals surface area contributed by atoms with Gasteiger partial charge in [-0.05, 0) is 62.1 Å². The lowest BCUT2D eigenvalue weighted by Gasteiger charge is -2.47. The summed E-state index contributed by atoms with van der Waals surface area (Å²) in [6, 6.07) is 10.4. The lowest BCUT2D eigenvalue weighted by molar-refractivity contribution is -0.274. The van der Waals surface area contributed by atoms with Crippen molar-refractivity contribution in [2.24, 2.45) is 0 Å². The van der Waals surface area contributed by atoms with Crippen molar-refractivity contribution in [3.63, 3.8) is 0 Å². The smallest absolute Gasteiger partial charge is 0.406 e. The maximum atomic E-state index is 12.9. The molecule has 0 radical (unpaired) electrons. The maximum absolute atomic E-state index is 12.9. The van der Waals surface area contributed by atoms with Crippen LogP contribution in [0.3, 0.4) is 0 Å². The second-order valence-electron chi connectivity index (χ2n) is 7.87. The van der Waals surface area contributed by atoms with E-state index in [1.165, 1.54) is 24.3 Å². The summed E-state index contributed by atoms with van der Waals surface area (Å²) >= 11 is 0. The van der Waals surface area contributed by atoms with Crippen molar-refractivity contribution in [3.05, 3.63) is 59.2 Å². The summed E-state index contributed by atoms with van der Waals surface area (Å²) in [4.78, 5) is 29.7. The number of piperidine rings is 1. The number of nitrogens with one attached hydrogen (secondary N) is 1. The number of carbonyl (C=O) groups is 2. The van der Waals surface area contributed by atoms with Gasteiger partial charge in [0.25, 0.3) is 11.8 Å². The Kier molecular flexibility index (Phi) is 5.99. The lowest BCUT2D eigenvalue weighted by Crippen LogP contribution is -2.57. The highest BCUT2D eigenvalue weighted by atomic mass is 19.4. The minimum Gasteiger partial charge on any atom is -0.406 e. The van der Waals surface area contributed by atoms with Gasteiger partial charge >= 0.3 is 6.36 Å². The number of amides is 2. The van der Waals surface area contributed by atoms with Gasteiger partial charge in [0, 0.05) is 25.2 Å². The van der Waals surface area contributed by atoms with Gasteiger partial charge in [-0.15, -0.1) is 13.2 Å². The predicted octanol–water partition coefficient (Wildman–Crippen LogP) is 4.31. The molecule has 2 heterocycles. The largest absolute Gasteiger partial charge is 0.573 e. The van der Waals surface area contributed by atoms with E-state index in [9.17, 15) is 22.8 Å². The van der Waals surface area contributed by atoms with Crippen molar-refractivity contribution >= 4 is 17.5 Å². The van der Waals surface area contributed by atoms with Crippen molar-refractivity contribution in [1.82, 2.24) is 10.2 Å². The molecule has 0 aliphatic carbocycles. The van der Waals surface area contributed by atoms with Crippen LogP contribution in [0.15, 0.2) is 42.5 Å². The molecular formula is C23H24F3N3O3. The number of fused-ring (bicyclic) bond motifs is 2. The molecule has 9 heteroatoms. The molecule has 1 saturated heterocycles. The van der Waals surface area contributed by atoms with Gasteiger partial charge in [0.1, 0.15) is 11.9 Å². The van der Waals surface area contributed by atoms with E-state index in [0.717, 1.165) is 38.0 Å². The first-order valence-electron chi connectivity index (χ1n) is 10.6. The second kappa shape index (κ2) is 8.72. The van der Waals surface area contributed by atoms with Gasteiger partial charge < -0.3 is 19.9 Å². The molecule has 1 fully saturated rings. The van der Waals surface area contributed by atoms with E-state index < -0.39 is 6.36 Å². The third-order valence-electron chi connectivity index (χ3n) is 5.84. The van der Waals surface area contributed by atoms with Gasteiger partial charge in [0.05, 0.1) is 11.3 Å². The van der Waals surface area contributed by atoms with Crippen molar-refractivity contribution in [2.75, 3.05) is 18.0 Å². The zero-order chi connectivity index (χ0) is 22.9. The standard InChI is InChI=1S/C23H24F3N3O3/c1-2-28-19-13-16(8-11-18(19)22(31)29-12-4-3-5-20(28)29)21(30)27-14-15-6-9-17(10-7-15)32-23(24,25)26/h6-11,13,20H,2-5,12,14H2,1H3,(H,27,30). The number of nitrogens with zero attached hydrogens (tertiary/aromatic N) is 2.